The summed E-state index contributed by atoms with van der Waals surface area (Å²) < 4.78 is 9.97. The lowest BCUT2D eigenvalue weighted by atomic mass is 10.2. The number of rotatable bonds is 8. The Kier molecular flexibility index (Phi) is 9.38. The lowest BCUT2D eigenvalue weighted by Crippen LogP contribution is -2.00. The molecule has 0 rings (SSSR count). The highest BCUT2D eigenvalue weighted by atomic mass is 16.5. The fourth-order valence-corrected chi connectivity index (χ4v) is 1.02. The molecule has 0 N–H and O–H groups in total. The van der Waals surface area contributed by atoms with Crippen LogP contribution >= 0.6 is 0 Å². The standard InChI is InChI=1S/C11H20O3/c1-3-8-13-9-6-4-5-7-10-14-11(2)12/h3,8H,4-7,9-10H2,1-2H3/b8-3+. The van der Waals surface area contributed by atoms with E-state index in [1.165, 1.54) is 6.92 Å². The van der Waals surface area contributed by atoms with Gasteiger partial charge >= 0.3 is 5.97 Å². The van der Waals surface area contributed by atoms with Crippen LogP contribution in [0, 0.1) is 0 Å². The average molecular weight is 200 g/mol. The Morgan fingerprint density at radius 1 is 1.14 bits per heavy atom. The summed E-state index contributed by atoms with van der Waals surface area (Å²) in [5.41, 5.74) is 0. The van der Waals surface area contributed by atoms with Gasteiger partial charge in [-0.15, -0.1) is 0 Å². The SMILES string of the molecule is C/C=C/OCCCCCCOC(C)=O. The van der Waals surface area contributed by atoms with Gasteiger partial charge in [0.2, 0.25) is 0 Å². The van der Waals surface area contributed by atoms with Crippen LogP contribution in [0.3, 0.4) is 0 Å². The molecule has 82 valence electrons. The monoisotopic (exact) mass is 200 g/mol. The van der Waals surface area contributed by atoms with Crippen molar-refractivity contribution in [2.75, 3.05) is 13.2 Å². The van der Waals surface area contributed by atoms with Crippen molar-refractivity contribution in [1.29, 1.82) is 0 Å². The van der Waals surface area contributed by atoms with Crippen molar-refractivity contribution in [1.82, 2.24) is 0 Å². The topological polar surface area (TPSA) is 35.5 Å². The molecule has 0 fully saturated rings. The van der Waals surface area contributed by atoms with Crippen molar-refractivity contribution >= 4 is 5.97 Å². The van der Waals surface area contributed by atoms with Crippen molar-refractivity contribution in [3.63, 3.8) is 0 Å². The van der Waals surface area contributed by atoms with Gasteiger partial charge in [-0.05, 0) is 32.6 Å². The Bertz CT molecular complexity index is 164. The van der Waals surface area contributed by atoms with E-state index in [0.717, 1.165) is 32.3 Å². The van der Waals surface area contributed by atoms with E-state index in [4.69, 9.17) is 9.47 Å². The number of esters is 1. The van der Waals surface area contributed by atoms with E-state index in [1.807, 2.05) is 13.0 Å². The number of unbranched alkanes of at least 4 members (excludes halogenated alkanes) is 3. The molecular formula is C11H20O3. The molecule has 0 unspecified atom stereocenters. The highest BCUT2D eigenvalue weighted by molar-refractivity contribution is 5.65. The number of ether oxygens (including phenoxy) is 2. The average Bonchev–Trinajstić information content (AvgIpc) is 2.15. The Morgan fingerprint density at radius 2 is 1.79 bits per heavy atom. The first kappa shape index (κ1) is 13.0. The molecule has 0 saturated carbocycles. The van der Waals surface area contributed by atoms with Crippen LogP contribution in [0.2, 0.25) is 0 Å². The zero-order valence-corrected chi connectivity index (χ0v) is 9.12. The van der Waals surface area contributed by atoms with Crippen LogP contribution < -0.4 is 0 Å². The zero-order chi connectivity index (χ0) is 10.6. The summed E-state index contributed by atoms with van der Waals surface area (Å²) in [4.78, 5) is 10.4. The van der Waals surface area contributed by atoms with Crippen LogP contribution in [-0.2, 0) is 14.3 Å². The summed E-state index contributed by atoms with van der Waals surface area (Å²) in [6.45, 7) is 4.69. The van der Waals surface area contributed by atoms with Crippen LogP contribution in [-0.4, -0.2) is 19.2 Å². The number of allylic oxidation sites excluding steroid dienone is 1. The molecule has 0 aliphatic rings. The quantitative estimate of drug-likeness (QED) is 0.343. The van der Waals surface area contributed by atoms with Crippen LogP contribution in [0.1, 0.15) is 39.5 Å². The lowest BCUT2D eigenvalue weighted by Gasteiger charge is -2.02. The van der Waals surface area contributed by atoms with E-state index < -0.39 is 0 Å². The van der Waals surface area contributed by atoms with E-state index in [2.05, 4.69) is 0 Å². The number of carbonyl (C=O) groups excluding carboxylic acids is 1. The molecule has 3 heteroatoms. The number of hydrogen-bond acceptors (Lipinski definition) is 3. The van der Waals surface area contributed by atoms with Crippen molar-refractivity contribution in [2.24, 2.45) is 0 Å². The van der Waals surface area contributed by atoms with Gasteiger partial charge in [-0.1, -0.05) is 6.08 Å². The second-order valence-corrected chi connectivity index (χ2v) is 3.09. The van der Waals surface area contributed by atoms with Crippen LogP contribution in [0.4, 0.5) is 0 Å². The lowest BCUT2D eigenvalue weighted by molar-refractivity contribution is -0.141. The highest BCUT2D eigenvalue weighted by Crippen LogP contribution is 2.00. The minimum Gasteiger partial charge on any atom is -0.502 e. The molecule has 0 atom stereocenters. The minimum atomic E-state index is -0.193. The molecule has 3 nitrogen and oxygen atoms in total. The maximum Gasteiger partial charge on any atom is 0.302 e. The van der Waals surface area contributed by atoms with Gasteiger partial charge in [0.25, 0.3) is 0 Å². The predicted molar refractivity (Wildman–Crippen MR) is 55.9 cm³/mol. The van der Waals surface area contributed by atoms with Crippen molar-refractivity contribution in [3.05, 3.63) is 12.3 Å². The summed E-state index contributed by atoms with van der Waals surface area (Å²) in [6.07, 6.45) is 7.80. The molecule has 0 aromatic rings. The molecule has 0 aromatic carbocycles. The summed E-state index contributed by atoms with van der Waals surface area (Å²) >= 11 is 0. The van der Waals surface area contributed by atoms with E-state index in [0.29, 0.717) is 6.61 Å². The second-order valence-electron chi connectivity index (χ2n) is 3.09. The third kappa shape index (κ3) is 11.0. The van der Waals surface area contributed by atoms with E-state index >= 15 is 0 Å². The van der Waals surface area contributed by atoms with Gasteiger partial charge in [-0.3, -0.25) is 4.79 Å². The maximum absolute atomic E-state index is 10.4. The van der Waals surface area contributed by atoms with Gasteiger partial charge < -0.3 is 9.47 Å². The molecular weight excluding hydrogens is 180 g/mol. The van der Waals surface area contributed by atoms with Crippen molar-refractivity contribution in [2.45, 2.75) is 39.5 Å². The molecule has 0 saturated heterocycles. The molecule has 0 aliphatic carbocycles. The summed E-state index contributed by atoms with van der Waals surface area (Å²) in [6, 6.07) is 0. The fourth-order valence-electron chi connectivity index (χ4n) is 1.02. The number of carbonyl (C=O) groups is 1. The van der Waals surface area contributed by atoms with Crippen LogP contribution in [0.5, 0.6) is 0 Å². The highest BCUT2D eigenvalue weighted by Gasteiger charge is 1.93. The van der Waals surface area contributed by atoms with E-state index in [1.54, 1.807) is 6.26 Å². The van der Waals surface area contributed by atoms with E-state index in [-0.39, 0.29) is 5.97 Å². The van der Waals surface area contributed by atoms with Crippen LogP contribution in [0.15, 0.2) is 12.3 Å². The summed E-state index contributed by atoms with van der Waals surface area (Å²) in [7, 11) is 0. The Morgan fingerprint density at radius 3 is 2.36 bits per heavy atom. The molecule has 0 amide bonds. The van der Waals surface area contributed by atoms with Crippen molar-refractivity contribution < 1.29 is 14.3 Å². The van der Waals surface area contributed by atoms with Gasteiger partial charge in [-0.25, -0.2) is 0 Å². The largest absolute Gasteiger partial charge is 0.502 e. The molecule has 0 heterocycles. The first-order valence-corrected chi connectivity index (χ1v) is 5.13. The Labute approximate surface area is 86.1 Å². The normalized spacial score (nSPS) is 10.4. The Balaban J connectivity index is 2.95. The molecule has 0 radical (unpaired) electrons. The Hall–Kier alpha value is -0.990. The summed E-state index contributed by atoms with van der Waals surface area (Å²) in [5.74, 6) is -0.193. The third-order valence-corrected chi connectivity index (χ3v) is 1.69. The fraction of sp³-hybridized carbons (Fsp3) is 0.727. The molecule has 14 heavy (non-hydrogen) atoms. The zero-order valence-electron chi connectivity index (χ0n) is 9.12. The molecule has 0 aliphatic heterocycles. The second kappa shape index (κ2) is 10.1. The van der Waals surface area contributed by atoms with Gasteiger partial charge in [0, 0.05) is 6.92 Å². The third-order valence-electron chi connectivity index (χ3n) is 1.69. The van der Waals surface area contributed by atoms with Gasteiger partial charge in [0.15, 0.2) is 0 Å². The van der Waals surface area contributed by atoms with Gasteiger partial charge in [-0.2, -0.15) is 0 Å². The minimum absolute atomic E-state index is 0.193. The van der Waals surface area contributed by atoms with E-state index in [9.17, 15) is 4.79 Å². The van der Waals surface area contributed by atoms with Crippen LogP contribution in [0.25, 0.3) is 0 Å². The van der Waals surface area contributed by atoms with Crippen molar-refractivity contribution in [3.8, 4) is 0 Å². The molecule has 0 spiro atoms. The van der Waals surface area contributed by atoms with Gasteiger partial charge in [0.1, 0.15) is 0 Å². The molecule has 0 bridgehead atoms. The summed E-state index contributed by atoms with van der Waals surface area (Å²) in [5, 5.41) is 0. The number of hydrogen-bond donors (Lipinski definition) is 0. The first-order chi connectivity index (χ1) is 6.77. The first-order valence-electron chi connectivity index (χ1n) is 5.13. The smallest absolute Gasteiger partial charge is 0.302 e. The predicted octanol–water partition coefficient (Wildman–Crippen LogP) is 2.66. The van der Waals surface area contributed by atoms with Gasteiger partial charge in [0.05, 0.1) is 19.5 Å². The maximum atomic E-state index is 10.4. The molecule has 0 aromatic heterocycles.